The molecule has 0 fully saturated rings. The maximum Gasteiger partial charge on any atom is 0.253 e. The predicted octanol–water partition coefficient (Wildman–Crippen LogP) is 4.66. The van der Waals surface area contributed by atoms with Gasteiger partial charge in [-0.2, -0.15) is 0 Å². The van der Waals surface area contributed by atoms with Gasteiger partial charge in [0, 0.05) is 6.54 Å². The Balaban J connectivity index is 1.69. The molecule has 0 saturated heterocycles. The number of amides is 2. The van der Waals surface area contributed by atoms with E-state index in [0.29, 0.717) is 39.5 Å². The number of carbonyl (C=O) groups is 2. The summed E-state index contributed by atoms with van der Waals surface area (Å²) in [6.45, 7) is 7.96. The molecule has 2 N–H and O–H groups in total. The van der Waals surface area contributed by atoms with Gasteiger partial charge >= 0.3 is 0 Å². The lowest BCUT2D eigenvalue weighted by molar-refractivity contribution is -0.113. The third-order valence-electron chi connectivity index (χ3n) is 4.87. The Morgan fingerprint density at radius 1 is 1.26 bits per heavy atom. The van der Waals surface area contributed by atoms with Crippen LogP contribution in [0.5, 0.6) is 5.75 Å². The standard InChI is InChI=1S/C24H26ClN5O3S/c1-5-12-30-22(16(3)26-23(32)17-8-6-7-9-18(17)25)28-29-24(30)34-14-21(31)27-19-13-15(2)10-11-20(19)33-4/h5-11,13,16H,1,12,14H2,2-4H3,(H,26,32)(H,27,31)/t16-/m0/s1. The highest BCUT2D eigenvalue weighted by Gasteiger charge is 2.21. The summed E-state index contributed by atoms with van der Waals surface area (Å²) in [6, 6.07) is 11.9. The number of benzene rings is 2. The Hall–Kier alpha value is -3.30. The molecule has 1 aromatic heterocycles. The highest BCUT2D eigenvalue weighted by Crippen LogP contribution is 2.26. The Bertz CT molecular complexity index is 1200. The van der Waals surface area contributed by atoms with E-state index in [-0.39, 0.29) is 17.6 Å². The summed E-state index contributed by atoms with van der Waals surface area (Å²) >= 11 is 7.38. The van der Waals surface area contributed by atoms with Crippen molar-refractivity contribution in [3.8, 4) is 5.75 Å². The van der Waals surface area contributed by atoms with Crippen LogP contribution in [-0.4, -0.2) is 39.4 Å². The Labute approximate surface area is 207 Å². The number of allylic oxidation sites excluding steroid dienone is 1. The van der Waals surface area contributed by atoms with Gasteiger partial charge < -0.3 is 19.9 Å². The lowest BCUT2D eigenvalue weighted by Crippen LogP contribution is -2.29. The molecule has 0 bridgehead atoms. The van der Waals surface area contributed by atoms with Crippen molar-refractivity contribution in [1.29, 1.82) is 0 Å². The number of hydrogen-bond donors (Lipinski definition) is 2. The minimum absolute atomic E-state index is 0.118. The van der Waals surface area contributed by atoms with Gasteiger partial charge in [-0.25, -0.2) is 0 Å². The molecule has 34 heavy (non-hydrogen) atoms. The van der Waals surface area contributed by atoms with E-state index in [1.54, 1.807) is 37.5 Å². The molecule has 10 heteroatoms. The number of aromatic nitrogens is 3. The number of nitrogens with one attached hydrogen (secondary N) is 2. The minimum Gasteiger partial charge on any atom is -0.495 e. The molecule has 2 amide bonds. The SMILES string of the molecule is C=CCn1c(SCC(=O)Nc2cc(C)ccc2OC)nnc1[C@H](C)NC(=O)c1ccccc1Cl. The van der Waals surface area contributed by atoms with Crippen molar-refractivity contribution in [2.75, 3.05) is 18.2 Å². The van der Waals surface area contributed by atoms with E-state index in [2.05, 4.69) is 27.4 Å². The fraction of sp³-hybridized carbons (Fsp3) is 0.250. The molecule has 0 aliphatic rings. The van der Waals surface area contributed by atoms with Crippen LogP contribution in [0.15, 0.2) is 60.3 Å². The zero-order valence-electron chi connectivity index (χ0n) is 19.2. The van der Waals surface area contributed by atoms with Gasteiger partial charge in [0.1, 0.15) is 5.75 Å². The van der Waals surface area contributed by atoms with Crippen LogP contribution in [0.3, 0.4) is 0 Å². The Morgan fingerprint density at radius 2 is 2.03 bits per heavy atom. The quantitative estimate of drug-likeness (QED) is 0.311. The number of rotatable bonds is 10. The van der Waals surface area contributed by atoms with Crippen molar-refractivity contribution in [2.24, 2.45) is 0 Å². The van der Waals surface area contributed by atoms with Crippen LogP contribution in [0, 0.1) is 6.92 Å². The first kappa shape index (κ1) is 25.3. The maximum atomic E-state index is 12.6. The van der Waals surface area contributed by atoms with Crippen LogP contribution in [-0.2, 0) is 11.3 Å². The van der Waals surface area contributed by atoms with Crippen LogP contribution in [0.1, 0.15) is 34.7 Å². The van der Waals surface area contributed by atoms with E-state index in [4.69, 9.17) is 16.3 Å². The van der Waals surface area contributed by atoms with Crippen LogP contribution < -0.4 is 15.4 Å². The number of hydrogen-bond acceptors (Lipinski definition) is 6. The summed E-state index contributed by atoms with van der Waals surface area (Å²) in [7, 11) is 1.56. The Kier molecular flexibility index (Phi) is 8.72. The largest absolute Gasteiger partial charge is 0.495 e. The number of thioether (sulfide) groups is 1. The molecule has 0 aliphatic heterocycles. The highest BCUT2D eigenvalue weighted by molar-refractivity contribution is 7.99. The fourth-order valence-corrected chi connectivity index (χ4v) is 4.22. The van der Waals surface area contributed by atoms with Gasteiger partial charge in [0.05, 0.1) is 35.2 Å². The van der Waals surface area contributed by atoms with E-state index in [0.717, 1.165) is 5.56 Å². The lowest BCUT2D eigenvalue weighted by Gasteiger charge is -2.16. The van der Waals surface area contributed by atoms with Gasteiger partial charge in [-0.1, -0.05) is 47.6 Å². The summed E-state index contributed by atoms with van der Waals surface area (Å²) in [5.41, 5.74) is 1.99. The van der Waals surface area contributed by atoms with E-state index < -0.39 is 6.04 Å². The molecule has 8 nitrogen and oxygen atoms in total. The normalized spacial score (nSPS) is 11.5. The molecule has 1 atom stereocenters. The van der Waals surface area contributed by atoms with Crippen molar-refractivity contribution in [3.05, 3.63) is 77.1 Å². The van der Waals surface area contributed by atoms with Crippen molar-refractivity contribution in [3.63, 3.8) is 0 Å². The van der Waals surface area contributed by atoms with Gasteiger partial charge in [0.2, 0.25) is 5.91 Å². The van der Waals surface area contributed by atoms with E-state index >= 15 is 0 Å². The highest BCUT2D eigenvalue weighted by atomic mass is 35.5. The first-order valence-corrected chi connectivity index (χ1v) is 11.9. The summed E-state index contributed by atoms with van der Waals surface area (Å²) in [6.07, 6.45) is 1.71. The first-order chi connectivity index (χ1) is 16.3. The maximum absolute atomic E-state index is 12.6. The van der Waals surface area contributed by atoms with Gasteiger partial charge in [-0.3, -0.25) is 9.59 Å². The molecule has 3 aromatic rings. The van der Waals surface area contributed by atoms with Gasteiger partial charge in [-0.15, -0.1) is 16.8 Å². The average molecular weight is 500 g/mol. The third-order valence-corrected chi connectivity index (χ3v) is 6.17. The smallest absolute Gasteiger partial charge is 0.253 e. The fourth-order valence-electron chi connectivity index (χ4n) is 3.25. The number of nitrogens with zero attached hydrogens (tertiary/aromatic N) is 3. The topological polar surface area (TPSA) is 98.1 Å². The number of anilines is 1. The van der Waals surface area contributed by atoms with Crippen molar-refractivity contribution in [1.82, 2.24) is 20.1 Å². The molecule has 0 spiro atoms. The molecular weight excluding hydrogens is 474 g/mol. The number of methoxy groups -OCH3 is 1. The van der Waals surface area contributed by atoms with Crippen molar-refractivity contribution in [2.45, 2.75) is 31.6 Å². The summed E-state index contributed by atoms with van der Waals surface area (Å²) < 4.78 is 7.13. The number of aryl methyl sites for hydroxylation is 1. The molecule has 178 valence electrons. The molecule has 0 radical (unpaired) electrons. The van der Waals surface area contributed by atoms with Crippen LogP contribution in [0.25, 0.3) is 0 Å². The van der Waals surface area contributed by atoms with Crippen molar-refractivity contribution < 1.29 is 14.3 Å². The van der Waals surface area contributed by atoms with E-state index in [9.17, 15) is 9.59 Å². The molecule has 0 aliphatic carbocycles. The van der Waals surface area contributed by atoms with E-state index in [1.165, 1.54) is 11.8 Å². The van der Waals surface area contributed by atoms with E-state index in [1.807, 2.05) is 36.6 Å². The summed E-state index contributed by atoms with van der Waals surface area (Å²) in [5, 5.41) is 15.2. The first-order valence-electron chi connectivity index (χ1n) is 10.5. The zero-order chi connectivity index (χ0) is 24.7. The molecule has 2 aromatic carbocycles. The molecule has 1 heterocycles. The zero-order valence-corrected chi connectivity index (χ0v) is 20.7. The van der Waals surface area contributed by atoms with Gasteiger partial charge in [0.25, 0.3) is 5.91 Å². The van der Waals surface area contributed by atoms with Gasteiger partial charge in [0.15, 0.2) is 11.0 Å². The number of halogens is 1. The molecule has 3 rings (SSSR count). The average Bonchev–Trinajstić information content (AvgIpc) is 3.21. The van der Waals surface area contributed by atoms with Crippen LogP contribution >= 0.6 is 23.4 Å². The Morgan fingerprint density at radius 3 is 2.74 bits per heavy atom. The molecule has 0 saturated carbocycles. The van der Waals surface area contributed by atoms with Gasteiger partial charge in [-0.05, 0) is 43.7 Å². The summed E-state index contributed by atoms with van der Waals surface area (Å²) in [4.78, 5) is 25.2. The van der Waals surface area contributed by atoms with Crippen LogP contribution in [0.2, 0.25) is 5.02 Å². The second-order valence-electron chi connectivity index (χ2n) is 7.46. The molecule has 0 unspecified atom stereocenters. The number of ether oxygens (including phenoxy) is 1. The third kappa shape index (κ3) is 6.18. The molecular formula is C24H26ClN5O3S. The lowest BCUT2D eigenvalue weighted by atomic mass is 10.2. The van der Waals surface area contributed by atoms with Crippen LogP contribution in [0.4, 0.5) is 5.69 Å². The summed E-state index contributed by atoms with van der Waals surface area (Å²) in [5.74, 6) is 0.732. The second-order valence-corrected chi connectivity index (χ2v) is 8.81. The number of carbonyl (C=O) groups excluding carboxylic acids is 2. The predicted molar refractivity (Wildman–Crippen MR) is 135 cm³/mol. The minimum atomic E-state index is -0.448. The van der Waals surface area contributed by atoms with Crippen molar-refractivity contribution >= 4 is 40.9 Å². The second kappa shape index (κ2) is 11.7. The monoisotopic (exact) mass is 499 g/mol.